The van der Waals surface area contributed by atoms with Crippen LogP contribution in [0.25, 0.3) is 22.4 Å². The van der Waals surface area contributed by atoms with E-state index in [4.69, 9.17) is 33.5 Å². The number of halogens is 3. The first kappa shape index (κ1) is 14.4. The van der Waals surface area contributed by atoms with E-state index in [1.807, 2.05) is 24.3 Å². The van der Waals surface area contributed by atoms with E-state index in [-0.39, 0.29) is 5.88 Å². The van der Waals surface area contributed by atoms with Gasteiger partial charge in [0.1, 0.15) is 5.69 Å². The molecule has 0 spiro atoms. The van der Waals surface area contributed by atoms with Gasteiger partial charge in [-0.05, 0) is 35.9 Å². The van der Waals surface area contributed by atoms with Crippen molar-refractivity contribution in [2.24, 2.45) is 0 Å². The van der Waals surface area contributed by atoms with Crippen molar-refractivity contribution in [2.45, 2.75) is 0 Å². The first-order valence-electron chi connectivity index (χ1n) is 6.02. The number of nitrogens with zero attached hydrogens (tertiary/aromatic N) is 1. The van der Waals surface area contributed by atoms with Gasteiger partial charge in [0.15, 0.2) is 0 Å². The molecule has 0 saturated carbocycles. The smallest absolute Gasteiger partial charge is 0.230 e. The fourth-order valence-corrected chi connectivity index (χ4v) is 3.07. The van der Waals surface area contributed by atoms with Crippen molar-refractivity contribution in [3.05, 3.63) is 57.0 Å². The van der Waals surface area contributed by atoms with Crippen molar-refractivity contribution in [3.63, 3.8) is 0 Å². The van der Waals surface area contributed by atoms with Crippen molar-refractivity contribution in [2.75, 3.05) is 5.73 Å². The molecule has 0 amide bonds. The minimum atomic E-state index is 0.253. The second-order valence-electron chi connectivity index (χ2n) is 4.44. The van der Waals surface area contributed by atoms with E-state index in [1.165, 1.54) is 0 Å². The molecule has 106 valence electrons. The van der Waals surface area contributed by atoms with Crippen LogP contribution in [0.3, 0.4) is 0 Å². The molecule has 2 N–H and O–H groups in total. The number of benzene rings is 2. The molecule has 6 heteroatoms. The molecule has 0 aliphatic rings. The summed E-state index contributed by atoms with van der Waals surface area (Å²) in [7, 11) is 0. The van der Waals surface area contributed by atoms with Crippen LogP contribution in [-0.4, -0.2) is 5.16 Å². The quantitative estimate of drug-likeness (QED) is 0.621. The molecule has 21 heavy (non-hydrogen) atoms. The molecule has 1 heterocycles. The minimum absolute atomic E-state index is 0.253. The van der Waals surface area contributed by atoms with Gasteiger partial charge < -0.3 is 10.3 Å². The Morgan fingerprint density at radius 3 is 2.33 bits per heavy atom. The highest BCUT2D eigenvalue weighted by Gasteiger charge is 2.18. The number of hydrogen-bond acceptors (Lipinski definition) is 3. The molecular formula is C15H9BrCl2N2O. The zero-order valence-corrected chi connectivity index (χ0v) is 13.7. The Balaban J connectivity index is 2.19. The van der Waals surface area contributed by atoms with E-state index in [0.717, 1.165) is 21.2 Å². The van der Waals surface area contributed by atoms with E-state index >= 15 is 0 Å². The molecule has 0 radical (unpaired) electrons. The van der Waals surface area contributed by atoms with Crippen molar-refractivity contribution in [1.29, 1.82) is 0 Å². The number of aromatic nitrogens is 1. The minimum Gasteiger partial charge on any atom is -0.367 e. The van der Waals surface area contributed by atoms with E-state index in [9.17, 15) is 0 Å². The van der Waals surface area contributed by atoms with Gasteiger partial charge in [-0.15, -0.1) is 0 Å². The summed E-state index contributed by atoms with van der Waals surface area (Å²) in [5.74, 6) is 0.253. The lowest BCUT2D eigenvalue weighted by Gasteiger charge is -2.04. The average Bonchev–Trinajstić information content (AvgIpc) is 2.80. The van der Waals surface area contributed by atoms with Crippen LogP contribution >= 0.6 is 39.1 Å². The third-order valence-corrected chi connectivity index (χ3v) is 3.92. The SMILES string of the molecule is Nc1onc(-c2cc(Cl)cc(Br)c2)c1-c1ccc(Cl)cc1. The molecule has 0 bridgehead atoms. The molecule has 1 aromatic heterocycles. The third-order valence-electron chi connectivity index (χ3n) is 2.99. The van der Waals surface area contributed by atoms with Crippen LogP contribution < -0.4 is 5.73 Å². The second kappa shape index (κ2) is 5.72. The molecule has 0 aliphatic heterocycles. The van der Waals surface area contributed by atoms with Gasteiger partial charge in [-0.25, -0.2) is 0 Å². The fourth-order valence-electron chi connectivity index (χ4n) is 2.09. The lowest BCUT2D eigenvalue weighted by Crippen LogP contribution is -1.88. The van der Waals surface area contributed by atoms with Gasteiger partial charge in [-0.3, -0.25) is 0 Å². The predicted molar refractivity (Wildman–Crippen MR) is 89.5 cm³/mol. The Morgan fingerprint density at radius 2 is 1.67 bits per heavy atom. The lowest BCUT2D eigenvalue weighted by molar-refractivity contribution is 0.439. The zero-order valence-electron chi connectivity index (χ0n) is 10.6. The largest absolute Gasteiger partial charge is 0.367 e. The highest BCUT2D eigenvalue weighted by molar-refractivity contribution is 9.10. The van der Waals surface area contributed by atoms with Crippen LogP contribution in [-0.2, 0) is 0 Å². The molecule has 3 aromatic rings. The van der Waals surface area contributed by atoms with Crippen molar-refractivity contribution >= 4 is 45.0 Å². The number of hydrogen-bond donors (Lipinski definition) is 1. The standard InChI is InChI=1S/C15H9BrCl2N2O/c16-10-5-9(6-12(18)7-10)14-13(15(19)21-20-14)8-1-3-11(17)4-2-8/h1-7H,19H2. The molecule has 0 atom stereocenters. The molecule has 0 unspecified atom stereocenters. The van der Waals surface area contributed by atoms with Gasteiger partial charge in [0.05, 0.1) is 5.56 Å². The van der Waals surface area contributed by atoms with Crippen LogP contribution in [0.4, 0.5) is 5.88 Å². The van der Waals surface area contributed by atoms with E-state index in [1.54, 1.807) is 18.2 Å². The molecular weight excluding hydrogens is 375 g/mol. The van der Waals surface area contributed by atoms with Gasteiger partial charge in [0.2, 0.25) is 5.88 Å². The summed E-state index contributed by atoms with van der Waals surface area (Å²) < 4.78 is 6.01. The van der Waals surface area contributed by atoms with Crippen LogP contribution in [0.15, 0.2) is 51.5 Å². The molecule has 3 nitrogen and oxygen atoms in total. The number of nitrogen functional groups attached to an aromatic ring is 1. The molecule has 0 aliphatic carbocycles. The molecule has 0 fully saturated rings. The van der Waals surface area contributed by atoms with Gasteiger partial charge in [0.25, 0.3) is 0 Å². The van der Waals surface area contributed by atoms with Gasteiger partial charge in [0, 0.05) is 20.1 Å². The Kier molecular flexibility index (Phi) is 3.93. The fraction of sp³-hybridized carbons (Fsp3) is 0. The normalized spacial score (nSPS) is 10.8. The predicted octanol–water partition coefficient (Wildman–Crippen LogP) is 5.66. The van der Waals surface area contributed by atoms with Crippen LogP contribution in [0, 0.1) is 0 Å². The Morgan fingerprint density at radius 1 is 0.952 bits per heavy atom. The molecule has 3 rings (SSSR count). The topological polar surface area (TPSA) is 52.0 Å². The maximum Gasteiger partial charge on any atom is 0.230 e. The highest BCUT2D eigenvalue weighted by atomic mass is 79.9. The maximum atomic E-state index is 6.09. The second-order valence-corrected chi connectivity index (χ2v) is 6.22. The zero-order chi connectivity index (χ0) is 15.0. The van der Waals surface area contributed by atoms with Crippen LogP contribution in [0.5, 0.6) is 0 Å². The summed E-state index contributed by atoms with van der Waals surface area (Å²) in [4.78, 5) is 0. The van der Waals surface area contributed by atoms with Gasteiger partial charge in [-0.2, -0.15) is 0 Å². The van der Waals surface area contributed by atoms with E-state index < -0.39 is 0 Å². The molecule has 2 aromatic carbocycles. The first-order valence-corrected chi connectivity index (χ1v) is 7.57. The van der Waals surface area contributed by atoms with Crippen molar-refractivity contribution < 1.29 is 4.52 Å². The Hall–Kier alpha value is -1.49. The Labute approximate surface area is 139 Å². The third kappa shape index (κ3) is 2.93. The number of anilines is 1. The van der Waals surface area contributed by atoms with Crippen LogP contribution in [0.1, 0.15) is 0 Å². The van der Waals surface area contributed by atoms with Crippen LogP contribution in [0.2, 0.25) is 10.0 Å². The summed E-state index contributed by atoms with van der Waals surface area (Å²) in [5.41, 5.74) is 8.98. The van der Waals surface area contributed by atoms with E-state index in [2.05, 4.69) is 21.1 Å². The monoisotopic (exact) mass is 382 g/mol. The first-order chi connectivity index (χ1) is 10.0. The molecule has 0 saturated heterocycles. The van der Waals surface area contributed by atoms with Gasteiger partial charge >= 0.3 is 0 Å². The van der Waals surface area contributed by atoms with Crippen molar-refractivity contribution in [1.82, 2.24) is 5.16 Å². The average molecular weight is 384 g/mol. The highest BCUT2D eigenvalue weighted by Crippen LogP contribution is 2.38. The summed E-state index contributed by atoms with van der Waals surface area (Å²) in [6.07, 6.45) is 0. The lowest BCUT2D eigenvalue weighted by atomic mass is 10.0. The summed E-state index contributed by atoms with van der Waals surface area (Å²) in [6.45, 7) is 0. The summed E-state index contributed by atoms with van der Waals surface area (Å²) >= 11 is 15.4. The Bertz CT molecular complexity index is 780. The van der Waals surface area contributed by atoms with Gasteiger partial charge in [-0.1, -0.05) is 56.4 Å². The number of rotatable bonds is 2. The summed E-state index contributed by atoms with van der Waals surface area (Å²) in [5, 5.41) is 5.31. The number of nitrogens with two attached hydrogens (primary N) is 1. The van der Waals surface area contributed by atoms with Crippen molar-refractivity contribution in [3.8, 4) is 22.4 Å². The van der Waals surface area contributed by atoms with E-state index in [0.29, 0.717) is 15.7 Å². The summed E-state index contributed by atoms with van der Waals surface area (Å²) in [6, 6.07) is 12.8. The maximum absolute atomic E-state index is 6.09.